The second kappa shape index (κ2) is 9.54. The zero-order valence-electron chi connectivity index (χ0n) is 17.3. The van der Waals surface area contributed by atoms with Crippen LogP contribution in [0.3, 0.4) is 0 Å². The summed E-state index contributed by atoms with van der Waals surface area (Å²) in [5.74, 6) is -2.08. The molecule has 3 unspecified atom stereocenters. The van der Waals surface area contributed by atoms with Crippen molar-refractivity contribution in [1.82, 2.24) is 0 Å². The van der Waals surface area contributed by atoms with Crippen LogP contribution in [0.1, 0.15) is 47.5 Å². The number of ether oxygens (including phenoxy) is 4. The maximum atomic E-state index is 12.5. The van der Waals surface area contributed by atoms with Gasteiger partial charge in [0.25, 0.3) is 0 Å². The Hall–Kier alpha value is -2.90. The number of hydrogen-bond acceptors (Lipinski definition) is 8. The van der Waals surface area contributed by atoms with Gasteiger partial charge < -0.3 is 18.9 Å². The van der Waals surface area contributed by atoms with Gasteiger partial charge in [-0.25, -0.2) is 4.79 Å². The standard InChI is InChI=1S/C21H26O8/c1-11-6-16(27-14(4)23)7-12(2)9-19-20(18(8-11)28-15(5)24)17(21(25)29-19)10-26-13(3)22/h6,9,16,18-19H,7-8,10H2,1-5H3. The van der Waals surface area contributed by atoms with E-state index in [4.69, 9.17) is 18.9 Å². The van der Waals surface area contributed by atoms with Crippen LogP contribution in [0.5, 0.6) is 0 Å². The fourth-order valence-corrected chi connectivity index (χ4v) is 3.44. The van der Waals surface area contributed by atoms with Crippen molar-refractivity contribution < 1.29 is 38.1 Å². The summed E-state index contributed by atoms with van der Waals surface area (Å²) in [5, 5.41) is 0. The van der Waals surface area contributed by atoms with E-state index >= 15 is 0 Å². The highest BCUT2D eigenvalue weighted by atomic mass is 16.6. The molecule has 1 heterocycles. The Balaban J connectivity index is 2.52. The van der Waals surface area contributed by atoms with Crippen molar-refractivity contribution in [1.29, 1.82) is 0 Å². The summed E-state index contributed by atoms with van der Waals surface area (Å²) < 4.78 is 21.3. The smallest absolute Gasteiger partial charge is 0.338 e. The zero-order valence-corrected chi connectivity index (χ0v) is 17.3. The SMILES string of the molecule is CC(=O)OCC1=C2C(C=C(C)CC(OC(C)=O)C=C(C)CC2OC(C)=O)OC1=O. The van der Waals surface area contributed by atoms with Gasteiger partial charge in [-0.2, -0.15) is 0 Å². The molecule has 29 heavy (non-hydrogen) atoms. The number of esters is 4. The Morgan fingerprint density at radius 2 is 1.59 bits per heavy atom. The molecule has 0 bridgehead atoms. The van der Waals surface area contributed by atoms with Gasteiger partial charge >= 0.3 is 23.9 Å². The van der Waals surface area contributed by atoms with Crippen molar-refractivity contribution in [3.8, 4) is 0 Å². The summed E-state index contributed by atoms with van der Waals surface area (Å²) in [4.78, 5) is 46.8. The van der Waals surface area contributed by atoms with Crippen LogP contribution in [0.2, 0.25) is 0 Å². The van der Waals surface area contributed by atoms with E-state index in [9.17, 15) is 19.2 Å². The van der Waals surface area contributed by atoms with Crippen molar-refractivity contribution in [3.63, 3.8) is 0 Å². The minimum atomic E-state index is -0.786. The van der Waals surface area contributed by atoms with Gasteiger partial charge in [-0.1, -0.05) is 11.1 Å². The summed E-state index contributed by atoms with van der Waals surface area (Å²) in [7, 11) is 0. The predicted octanol–water partition coefficient (Wildman–Crippen LogP) is 2.32. The summed E-state index contributed by atoms with van der Waals surface area (Å²) in [5.41, 5.74) is 2.28. The van der Waals surface area contributed by atoms with Gasteiger partial charge in [0.15, 0.2) is 0 Å². The lowest BCUT2D eigenvalue weighted by atomic mass is 9.91. The quantitative estimate of drug-likeness (QED) is 0.398. The van der Waals surface area contributed by atoms with Gasteiger partial charge in [-0.3, -0.25) is 14.4 Å². The van der Waals surface area contributed by atoms with E-state index in [0.717, 1.165) is 11.1 Å². The third-order valence-corrected chi connectivity index (χ3v) is 4.46. The zero-order chi connectivity index (χ0) is 21.7. The predicted molar refractivity (Wildman–Crippen MR) is 101 cm³/mol. The van der Waals surface area contributed by atoms with E-state index in [0.29, 0.717) is 12.0 Å². The normalized spacial score (nSPS) is 24.6. The summed E-state index contributed by atoms with van der Waals surface area (Å²) in [6.07, 6.45) is 2.21. The molecule has 0 saturated carbocycles. The number of carbonyl (C=O) groups is 4. The summed E-state index contributed by atoms with van der Waals surface area (Å²) in [6.45, 7) is 7.25. The van der Waals surface area contributed by atoms with Gasteiger partial charge in [0.1, 0.15) is 24.9 Å². The van der Waals surface area contributed by atoms with Gasteiger partial charge in [0.2, 0.25) is 0 Å². The lowest BCUT2D eigenvalue weighted by Gasteiger charge is -2.25. The molecule has 0 aromatic rings. The minimum Gasteiger partial charge on any atom is -0.461 e. The molecule has 1 aliphatic heterocycles. The lowest BCUT2D eigenvalue weighted by molar-refractivity contribution is -0.145. The fourth-order valence-electron chi connectivity index (χ4n) is 3.44. The van der Waals surface area contributed by atoms with Crippen molar-refractivity contribution in [2.75, 3.05) is 6.61 Å². The molecule has 0 N–H and O–H groups in total. The molecular formula is C21H26O8. The number of carbonyl (C=O) groups excluding carboxylic acids is 4. The topological polar surface area (TPSA) is 105 Å². The molecule has 8 nitrogen and oxygen atoms in total. The summed E-state index contributed by atoms with van der Waals surface area (Å²) in [6, 6.07) is 0. The first-order valence-corrected chi connectivity index (χ1v) is 9.33. The highest BCUT2D eigenvalue weighted by Crippen LogP contribution is 2.33. The average molecular weight is 406 g/mol. The molecule has 0 radical (unpaired) electrons. The molecule has 0 aromatic carbocycles. The first-order chi connectivity index (χ1) is 13.6. The molecule has 0 spiro atoms. The molecule has 3 atom stereocenters. The van der Waals surface area contributed by atoms with Crippen LogP contribution in [0.15, 0.2) is 34.4 Å². The molecular weight excluding hydrogens is 380 g/mol. The monoisotopic (exact) mass is 406 g/mol. The molecule has 2 aliphatic rings. The van der Waals surface area contributed by atoms with Gasteiger partial charge in [0.05, 0.1) is 5.57 Å². The van der Waals surface area contributed by atoms with Crippen molar-refractivity contribution in [3.05, 3.63) is 34.4 Å². The molecule has 8 heteroatoms. The van der Waals surface area contributed by atoms with Crippen LogP contribution in [-0.2, 0) is 38.1 Å². The third kappa shape index (κ3) is 6.30. The molecule has 1 aliphatic carbocycles. The largest absolute Gasteiger partial charge is 0.461 e. The number of rotatable bonds is 4. The van der Waals surface area contributed by atoms with Gasteiger partial charge in [-0.05, 0) is 26.0 Å². The molecule has 0 amide bonds. The molecule has 0 saturated heterocycles. The van der Waals surface area contributed by atoms with Crippen LogP contribution < -0.4 is 0 Å². The van der Waals surface area contributed by atoms with Crippen LogP contribution in [0.25, 0.3) is 0 Å². The number of hydrogen-bond donors (Lipinski definition) is 0. The Labute approximate surface area is 169 Å². The van der Waals surface area contributed by atoms with E-state index in [1.165, 1.54) is 20.8 Å². The second-order valence-electron chi connectivity index (χ2n) is 7.22. The summed E-state index contributed by atoms with van der Waals surface area (Å²) >= 11 is 0. The molecule has 0 fully saturated rings. The van der Waals surface area contributed by atoms with E-state index < -0.39 is 42.2 Å². The van der Waals surface area contributed by atoms with Crippen LogP contribution in [0.4, 0.5) is 0 Å². The Morgan fingerprint density at radius 1 is 0.966 bits per heavy atom. The van der Waals surface area contributed by atoms with Gasteiger partial charge in [-0.15, -0.1) is 0 Å². The van der Waals surface area contributed by atoms with E-state index in [2.05, 4.69) is 0 Å². The highest BCUT2D eigenvalue weighted by Gasteiger charge is 2.39. The lowest BCUT2D eigenvalue weighted by Crippen LogP contribution is -2.27. The maximum absolute atomic E-state index is 12.5. The van der Waals surface area contributed by atoms with E-state index in [-0.39, 0.29) is 18.6 Å². The second-order valence-corrected chi connectivity index (χ2v) is 7.22. The fraction of sp³-hybridized carbons (Fsp3) is 0.524. The van der Waals surface area contributed by atoms with E-state index in [1.54, 1.807) is 12.2 Å². The Kier molecular flexibility index (Phi) is 7.36. The third-order valence-electron chi connectivity index (χ3n) is 4.46. The molecule has 2 rings (SSSR count). The van der Waals surface area contributed by atoms with Crippen LogP contribution >= 0.6 is 0 Å². The van der Waals surface area contributed by atoms with Crippen molar-refractivity contribution in [2.45, 2.75) is 65.8 Å². The Bertz CT molecular complexity index is 801. The first kappa shape index (κ1) is 22.4. The highest BCUT2D eigenvalue weighted by molar-refractivity contribution is 5.93. The molecule has 0 aromatic heterocycles. The van der Waals surface area contributed by atoms with Crippen molar-refractivity contribution in [2.24, 2.45) is 0 Å². The van der Waals surface area contributed by atoms with Crippen LogP contribution in [-0.4, -0.2) is 48.8 Å². The number of fused-ring (bicyclic) bond motifs is 1. The van der Waals surface area contributed by atoms with E-state index in [1.807, 2.05) is 13.8 Å². The minimum absolute atomic E-state index is 0.172. The Morgan fingerprint density at radius 3 is 2.17 bits per heavy atom. The van der Waals surface area contributed by atoms with Crippen molar-refractivity contribution >= 4 is 23.9 Å². The maximum Gasteiger partial charge on any atom is 0.338 e. The van der Waals surface area contributed by atoms with Crippen LogP contribution in [0, 0.1) is 0 Å². The average Bonchev–Trinajstić information content (AvgIpc) is 2.85. The first-order valence-electron chi connectivity index (χ1n) is 9.33. The van der Waals surface area contributed by atoms with Gasteiger partial charge in [0, 0.05) is 39.2 Å². The molecule has 158 valence electrons.